The number of ether oxygens (including phenoxy) is 1. The third-order valence-corrected chi connectivity index (χ3v) is 5.43. The molecule has 1 saturated carbocycles. The molecule has 0 spiro atoms. The molecule has 1 atom stereocenters. The van der Waals surface area contributed by atoms with Crippen molar-refractivity contribution < 1.29 is 9.53 Å². The van der Waals surface area contributed by atoms with Gasteiger partial charge in [0.1, 0.15) is 5.75 Å². The number of unbranched alkanes of at least 4 members (excludes halogenated alkanes) is 6. The number of nitrogens with zero attached hydrogens (tertiary/aromatic N) is 1. The van der Waals surface area contributed by atoms with Crippen molar-refractivity contribution in [3.63, 3.8) is 0 Å². The Labute approximate surface area is 160 Å². The van der Waals surface area contributed by atoms with Crippen molar-refractivity contribution in [2.24, 2.45) is 0 Å². The summed E-state index contributed by atoms with van der Waals surface area (Å²) in [6.45, 7) is 5.11. The molecule has 1 aliphatic rings. The van der Waals surface area contributed by atoms with E-state index in [-0.39, 0.29) is 11.8 Å². The minimum Gasteiger partial charge on any atom is -0.494 e. The number of benzene rings is 1. The van der Waals surface area contributed by atoms with E-state index in [2.05, 4.69) is 26.0 Å². The van der Waals surface area contributed by atoms with Gasteiger partial charge in [-0.1, -0.05) is 64.5 Å². The molecule has 3 nitrogen and oxygen atoms in total. The van der Waals surface area contributed by atoms with E-state index in [1.54, 1.807) is 0 Å². The zero-order chi connectivity index (χ0) is 18.8. The van der Waals surface area contributed by atoms with Crippen molar-refractivity contribution in [1.82, 2.24) is 4.90 Å². The van der Waals surface area contributed by atoms with E-state index >= 15 is 0 Å². The van der Waals surface area contributed by atoms with Crippen molar-refractivity contribution in [3.8, 4) is 5.75 Å². The molecule has 146 valence electrons. The smallest absolute Gasteiger partial charge is 0.230 e. The van der Waals surface area contributed by atoms with Crippen LogP contribution in [0.5, 0.6) is 5.75 Å². The number of likely N-dealkylation sites (N-methyl/N-ethyl adjacent to an activating group) is 1. The van der Waals surface area contributed by atoms with Gasteiger partial charge >= 0.3 is 0 Å². The molecule has 26 heavy (non-hydrogen) atoms. The number of carbonyl (C=O) groups excluding carboxylic acids is 1. The van der Waals surface area contributed by atoms with Crippen LogP contribution in [-0.2, 0) is 4.79 Å². The molecule has 0 saturated heterocycles. The highest BCUT2D eigenvalue weighted by atomic mass is 16.5. The second-order valence-corrected chi connectivity index (χ2v) is 7.68. The van der Waals surface area contributed by atoms with Gasteiger partial charge in [0.2, 0.25) is 5.91 Å². The van der Waals surface area contributed by atoms with E-state index < -0.39 is 0 Å². The molecule has 0 aliphatic heterocycles. The van der Waals surface area contributed by atoms with Gasteiger partial charge in [0.15, 0.2) is 0 Å². The van der Waals surface area contributed by atoms with Gasteiger partial charge in [-0.2, -0.15) is 0 Å². The van der Waals surface area contributed by atoms with Crippen LogP contribution in [0.2, 0.25) is 0 Å². The Morgan fingerprint density at radius 2 is 1.81 bits per heavy atom. The van der Waals surface area contributed by atoms with E-state index in [1.165, 1.54) is 38.5 Å². The molecular formula is C23H37NO2. The van der Waals surface area contributed by atoms with Crippen molar-refractivity contribution in [3.05, 3.63) is 29.8 Å². The number of hydrogen-bond donors (Lipinski definition) is 0. The highest BCUT2D eigenvalue weighted by Gasteiger charge is 2.33. The summed E-state index contributed by atoms with van der Waals surface area (Å²) in [6, 6.07) is 8.62. The van der Waals surface area contributed by atoms with Gasteiger partial charge in [0.25, 0.3) is 0 Å². The predicted molar refractivity (Wildman–Crippen MR) is 109 cm³/mol. The zero-order valence-corrected chi connectivity index (χ0v) is 17.0. The van der Waals surface area contributed by atoms with Gasteiger partial charge in [0.05, 0.1) is 12.5 Å². The van der Waals surface area contributed by atoms with Crippen molar-refractivity contribution in [2.45, 2.75) is 90.0 Å². The molecule has 0 heterocycles. The van der Waals surface area contributed by atoms with Crippen LogP contribution in [0.25, 0.3) is 0 Å². The third-order valence-electron chi connectivity index (χ3n) is 5.43. The molecule has 0 radical (unpaired) electrons. The fourth-order valence-corrected chi connectivity index (χ4v) is 3.51. The molecule has 2 rings (SSSR count). The Hall–Kier alpha value is -1.51. The first-order chi connectivity index (χ1) is 12.7. The Bertz CT molecular complexity index is 539. The first-order valence-electron chi connectivity index (χ1n) is 10.7. The lowest BCUT2D eigenvalue weighted by molar-refractivity contribution is -0.132. The Morgan fingerprint density at radius 1 is 1.12 bits per heavy atom. The molecule has 1 amide bonds. The van der Waals surface area contributed by atoms with Crippen molar-refractivity contribution in [2.75, 3.05) is 13.7 Å². The van der Waals surface area contributed by atoms with Crippen LogP contribution < -0.4 is 4.74 Å². The van der Waals surface area contributed by atoms with Gasteiger partial charge < -0.3 is 9.64 Å². The Kier molecular flexibility index (Phi) is 9.00. The number of amides is 1. The van der Waals surface area contributed by atoms with Crippen LogP contribution in [0.3, 0.4) is 0 Å². The van der Waals surface area contributed by atoms with Gasteiger partial charge in [-0.3, -0.25) is 4.79 Å². The van der Waals surface area contributed by atoms with Crippen molar-refractivity contribution >= 4 is 5.91 Å². The molecule has 0 aromatic heterocycles. The lowest BCUT2D eigenvalue weighted by Crippen LogP contribution is -2.33. The SMILES string of the molecule is CCCCCCCCCOc1cccc(C(CC)C(=O)N(C)C2CC2)c1. The predicted octanol–water partition coefficient (Wildman–Crippen LogP) is 5.93. The van der Waals surface area contributed by atoms with E-state index in [0.717, 1.165) is 43.6 Å². The summed E-state index contributed by atoms with van der Waals surface area (Å²) in [7, 11) is 1.95. The summed E-state index contributed by atoms with van der Waals surface area (Å²) in [5.74, 6) is 1.09. The maximum atomic E-state index is 12.8. The number of hydrogen-bond acceptors (Lipinski definition) is 2. The minimum absolute atomic E-state index is 0.0530. The lowest BCUT2D eigenvalue weighted by atomic mass is 9.95. The Morgan fingerprint density at radius 3 is 2.46 bits per heavy atom. The van der Waals surface area contributed by atoms with Crippen LogP contribution in [0.15, 0.2) is 24.3 Å². The Balaban J connectivity index is 1.78. The summed E-state index contributed by atoms with van der Waals surface area (Å²) in [4.78, 5) is 14.7. The van der Waals surface area contributed by atoms with Gasteiger partial charge in [-0.25, -0.2) is 0 Å². The van der Waals surface area contributed by atoms with E-state index in [9.17, 15) is 4.79 Å². The van der Waals surface area contributed by atoms with E-state index in [1.807, 2.05) is 24.1 Å². The average Bonchev–Trinajstić information content (AvgIpc) is 3.49. The quantitative estimate of drug-likeness (QED) is 0.408. The molecule has 3 heteroatoms. The maximum absolute atomic E-state index is 12.8. The van der Waals surface area contributed by atoms with Crippen LogP contribution in [0.4, 0.5) is 0 Å². The fraction of sp³-hybridized carbons (Fsp3) is 0.696. The second-order valence-electron chi connectivity index (χ2n) is 7.68. The second kappa shape index (κ2) is 11.3. The molecular weight excluding hydrogens is 322 g/mol. The molecule has 1 aromatic rings. The first kappa shape index (κ1) is 20.8. The highest BCUT2D eigenvalue weighted by molar-refractivity contribution is 5.84. The fourth-order valence-electron chi connectivity index (χ4n) is 3.51. The van der Waals surface area contributed by atoms with Crippen LogP contribution in [0.1, 0.15) is 89.5 Å². The summed E-state index contributed by atoms with van der Waals surface area (Å²) in [5, 5.41) is 0. The molecule has 1 unspecified atom stereocenters. The summed E-state index contributed by atoms with van der Waals surface area (Å²) < 4.78 is 5.94. The molecule has 1 fully saturated rings. The first-order valence-corrected chi connectivity index (χ1v) is 10.7. The van der Waals surface area contributed by atoms with Crippen LogP contribution >= 0.6 is 0 Å². The summed E-state index contributed by atoms with van der Waals surface area (Å²) in [6.07, 6.45) is 12.2. The highest BCUT2D eigenvalue weighted by Crippen LogP contribution is 2.31. The lowest BCUT2D eigenvalue weighted by Gasteiger charge is -2.23. The largest absolute Gasteiger partial charge is 0.494 e. The normalized spacial score (nSPS) is 14.9. The van der Waals surface area contributed by atoms with E-state index in [4.69, 9.17) is 4.74 Å². The van der Waals surface area contributed by atoms with Crippen molar-refractivity contribution in [1.29, 1.82) is 0 Å². The summed E-state index contributed by atoms with van der Waals surface area (Å²) >= 11 is 0. The molecule has 1 aromatic carbocycles. The molecule has 0 N–H and O–H groups in total. The maximum Gasteiger partial charge on any atom is 0.230 e. The number of carbonyl (C=O) groups is 1. The van der Waals surface area contributed by atoms with Gasteiger partial charge in [-0.05, 0) is 43.4 Å². The monoisotopic (exact) mass is 359 g/mol. The van der Waals surface area contributed by atoms with E-state index in [0.29, 0.717) is 6.04 Å². The van der Waals surface area contributed by atoms with Crippen LogP contribution in [0, 0.1) is 0 Å². The molecule has 1 aliphatic carbocycles. The topological polar surface area (TPSA) is 29.5 Å². The number of rotatable bonds is 13. The average molecular weight is 360 g/mol. The van der Waals surface area contributed by atoms with Crippen LogP contribution in [-0.4, -0.2) is 30.5 Å². The summed E-state index contributed by atoms with van der Waals surface area (Å²) in [5.41, 5.74) is 1.09. The standard InChI is InChI=1S/C23H37NO2/c1-4-6-7-8-9-10-11-17-26-21-14-12-13-19(18-21)22(5-2)23(25)24(3)20-15-16-20/h12-14,18,20,22H,4-11,15-17H2,1-3H3. The van der Waals surface area contributed by atoms with Gasteiger partial charge in [-0.15, -0.1) is 0 Å². The third kappa shape index (κ3) is 6.66. The zero-order valence-electron chi connectivity index (χ0n) is 17.0. The molecule has 0 bridgehead atoms. The minimum atomic E-state index is -0.0530. The van der Waals surface area contributed by atoms with Gasteiger partial charge in [0, 0.05) is 13.1 Å².